The van der Waals surface area contributed by atoms with E-state index in [9.17, 15) is 19.2 Å². The number of likely N-dealkylation sites (tertiary alicyclic amines) is 1. The number of hydrogen-bond donors (Lipinski definition) is 1. The third kappa shape index (κ3) is 8.34. The standard InChI is InChI=1S/C34H45N5O6/c1-6-39-30(42)34(21-26-13-9-7-10-14-26)24-37(18-17-28(34)36-39)23-33(5,35-31(43)45-32(2,3)4)29(41)38(19-20-40)25-44-22-27-15-11-8-12-16-27/h7-16,20H,6,17-19,21-25H2,1-5H3,(H,35,43). The summed E-state index contributed by atoms with van der Waals surface area (Å²) < 4.78 is 11.4. The fourth-order valence-corrected chi connectivity index (χ4v) is 5.98. The first-order valence-corrected chi connectivity index (χ1v) is 15.4. The van der Waals surface area contributed by atoms with Gasteiger partial charge in [0.15, 0.2) is 0 Å². The molecule has 0 saturated carbocycles. The Morgan fingerprint density at radius 3 is 2.29 bits per heavy atom. The van der Waals surface area contributed by atoms with Crippen molar-refractivity contribution in [1.82, 2.24) is 20.1 Å². The van der Waals surface area contributed by atoms with Crippen LogP contribution in [0.1, 0.15) is 52.2 Å². The molecule has 1 saturated heterocycles. The SMILES string of the molecule is CCN1N=C2CCN(CC(C)(NC(=O)OC(C)(C)C)C(=O)N(CC=O)COCc3ccccc3)CC2(Cc2ccccc2)C1=O. The molecule has 4 rings (SSSR count). The Morgan fingerprint density at radius 1 is 1.04 bits per heavy atom. The number of alkyl carbamates (subject to hydrolysis) is 1. The zero-order valence-corrected chi connectivity index (χ0v) is 27.0. The normalized spacial score (nSPS) is 19.7. The molecule has 11 nitrogen and oxygen atoms in total. The summed E-state index contributed by atoms with van der Waals surface area (Å²) in [4.78, 5) is 56.2. The molecule has 1 fully saturated rings. The number of carbonyl (C=O) groups is 4. The predicted molar refractivity (Wildman–Crippen MR) is 170 cm³/mol. The molecule has 45 heavy (non-hydrogen) atoms. The van der Waals surface area contributed by atoms with Crippen LogP contribution >= 0.6 is 0 Å². The fourth-order valence-electron chi connectivity index (χ4n) is 5.98. The Hall–Kier alpha value is -4.09. The second-order valence-electron chi connectivity index (χ2n) is 12.9. The maximum Gasteiger partial charge on any atom is 0.408 e. The van der Waals surface area contributed by atoms with Crippen LogP contribution in [0.25, 0.3) is 0 Å². The van der Waals surface area contributed by atoms with Gasteiger partial charge in [0.05, 0.1) is 18.9 Å². The monoisotopic (exact) mass is 619 g/mol. The van der Waals surface area contributed by atoms with E-state index < -0.39 is 28.6 Å². The van der Waals surface area contributed by atoms with Gasteiger partial charge in [-0.05, 0) is 52.2 Å². The summed E-state index contributed by atoms with van der Waals surface area (Å²) in [6.07, 6.45) is 0.867. The van der Waals surface area contributed by atoms with Crippen LogP contribution in [0, 0.1) is 5.41 Å². The van der Waals surface area contributed by atoms with Crippen molar-refractivity contribution in [2.75, 3.05) is 39.5 Å². The maximum absolute atomic E-state index is 14.2. The van der Waals surface area contributed by atoms with Crippen molar-refractivity contribution < 1.29 is 28.7 Å². The number of aldehydes is 1. The summed E-state index contributed by atoms with van der Waals surface area (Å²) in [5, 5.41) is 9.03. The fraction of sp³-hybridized carbons (Fsp3) is 0.500. The van der Waals surface area contributed by atoms with Crippen LogP contribution in [0.15, 0.2) is 65.8 Å². The number of hydrogen-bond acceptors (Lipinski definition) is 8. The largest absolute Gasteiger partial charge is 0.444 e. The summed E-state index contributed by atoms with van der Waals surface area (Å²) in [7, 11) is 0. The number of benzene rings is 2. The Kier molecular flexibility index (Phi) is 10.8. The number of rotatable bonds is 13. The molecule has 2 aliphatic heterocycles. The van der Waals surface area contributed by atoms with Gasteiger partial charge in [-0.1, -0.05) is 60.7 Å². The highest BCUT2D eigenvalue weighted by molar-refractivity contribution is 6.13. The van der Waals surface area contributed by atoms with Gasteiger partial charge in [0.2, 0.25) is 0 Å². The van der Waals surface area contributed by atoms with E-state index in [1.807, 2.05) is 72.5 Å². The number of hydrazone groups is 1. The highest BCUT2D eigenvalue weighted by Crippen LogP contribution is 2.39. The minimum absolute atomic E-state index is 0.0708. The second kappa shape index (κ2) is 14.3. The first kappa shape index (κ1) is 33.8. The number of nitrogens with one attached hydrogen (secondary N) is 1. The highest BCUT2D eigenvalue weighted by atomic mass is 16.6. The van der Waals surface area contributed by atoms with Crippen molar-refractivity contribution in [3.8, 4) is 0 Å². The summed E-state index contributed by atoms with van der Waals surface area (Å²) in [5.74, 6) is -0.573. The summed E-state index contributed by atoms with van der Waals surface area (Å²) >= 11 is 0. The van der Waals surface area contributed by atoms with Crippen molar-refractivity contribution in [3.05, 3.63) is 71.8 Å². The molecule has 2 aliphatic rings. The van der Waals surface area contributed by atoms with E-state index in [0.29, 0.717) is 38.8 Å². The van der Waals surface area contributed by atoms with Gasteiger partial charge in [-0.15, -0.1) is 0 Å². The molecular weight excluding hydrogens is 574 g/mol. The summed E-state index contributed by atoms with van der Waals surface area (Å²) in [6.45, 7) is 9.97. The van der Waals surface area contributed by atoms with E-state index in [1.54, 1.807) is 27.7 Å². The first-order valence-electron chi connectivity index (χ1n) is 15.4. The number of carbonyl (C=O) groups excluding carboxylic acids is 4. The molecule has 0 radical (unpaired) electrons. The van der Waals surface area contributed by atoms with Crippen LogP contribution in [0.2, 0.25) is 0 Å². The Morgan fingerprint density at radius 2 is 1.69 bits per heavy atom. The van der Waals surface area contributed by atoms with Crippen LogP contribution in [0.4, 0.5) is 4.79 Å². The van der Waals surface area contributed by atoms with Crippen molar-refractivity contribution in [2.45, 2.75) is 65.2 Å². The van der Waals surface area contributed by atoms with Gasteiger partial charge < -0.3 is 24.5 Å². The molecule has 242 valence electrons. The van der Waals surface area contributed by atoms with Crippen molar-refractivity contribution in [3.63, 3.8) is 0 Å². The predicted octanol–water partition coefficient (Wildman–Crippen LogP) is 3.62. The Balaban J connectivity index is 1.60. The van der Waals surface area contributed by atoms with Gasteiger partial charge >= 0.3 is 6.09 Å². The van der Waals surface area contributed by atoms with Crippen LogP contribution < -0.4 is 5.32 Å². The highest BCUT2D eigenvalue weighted by Gasteiger charge is 2.54. The maximum atomic E-state index is 14.2. The number of piperidine rings is 1. The average molecular weight is 620 g/mol. The molecule has 2 heterocycles. The molecule has 0 bridgehead atoms. The molecule has 2 atom stereocenters. The Bertz CT molecular complexity index is 1380. The van der Waals surface area contributed by atoms with E-state index in [-0.39, 0.29) is 32.3 Å². The molecule has 0 spiro atoms. The molecule has 11 heteroatoms. The van der Waals surface area contributed by atoms with Crippen LogP contribution in [-0.4, -0.2) is 95.3 Å². The third-order valence-corrected chi connectivity index (χ3v) is 7.97. The lowest BCUT2D eigenvalue weighted by Gasteiger charge is -2.44. The van der Waals surface area contributed by atoms with Crippen LogP contribution in [-0.2, 0) is 36.9 Å². The average Bonchev–Trinajstić information content (AvgIpc) is 3.26. The van der Waals surface area contributed by atoms with Gasteiger partial charge in [-0.3, -0.25) is 14.5 Å². The van der Waals surface area contributed by atoms with E-state index in [1.165, 1.54) is 9.91 Å². The number of ether oxygens (including phenoxy) is 2. The summed E-state index contributed by atoms with van der Waals surface area (Å²) in [6, 6.07) is 19.3. The third-order valence-electron chi connectivity index (χ3n) is 7.97. The molecule has 3 amide bonds. The van der Waals surface area contributed by atoms with Gasteiger partial charge in [-0.25, -0.2) is 9.80 Å². The van der Waals surface area contributed by atoms with E-state index in [2.05, 4.69) is 5.32 Å². The topological polar surface area (TPSA) is 121 Å². The molecule has 0 aliphatic carbocycles. The quantitative estimate of drug-likeness (QED) is 0.269. The molecule has 2 unspecified atom stereocenters. The van der Waals surface area contributed by atoms with Crippen molar-refractivity contribution in [1.29, 1.82) is 0 Å². The van der Waals surface area contributed by atoms with Gasteiger partial charge in [0.1, 0.15) is 29.6 Å². The van der Waals surface area contributed by atoms with Crippen molar-refractivity contribution >= 4 is 29.9 Å². The molecule has 1 N–H and O–H groups in total. The van der Waals surface area contributed by atoms with Gasteiger partial charge in [0.25, 0.3) is 11.8 Å². The smallest absolute Gasteiger partial charge is 0.408 e. The minimum atomic E-state index is -1.52. The zero-order valence-electron chi connectivity index (χ0n) is 27.0. The molecule has 0 aromatic heterocycles. The second-order valence-corrected chi connectivity index (χ2v) is 12.9. The van der Waals surface area contributed by atoms with E-state index >= 15 is 0 Å². The van der Waals surface area contributed by atoms with Crippen molar-refractivity contribution in [2.24, 2.45) is 10.5 Å². The molecule has 2 aromatic rings. The molecular formula is C34H45N5O6. The van der Waals surface area contributed by atoms with E-state index in [0.717, 1.165) is 16.8 Å². The lowest BCUT2D eigenvalue weighted by molar-refractivity contribution is -0.146. The lowest BCUT2D eigenvalue weighted by Crippen LogP contribution is -2.66. The van der Waals surface area contributed by atoms with Gasteiger partial charge in [-0.2, -0.15) is 5.10 Å². The van der Waals surface area contributed by atoms with Crippen LogP contribution in [0.5, 0.6) is 0 Å². The zero-order chi connectivity index (χ0) is 32.7. The van der Waals surface area contributed by atoms with Gasteiger partial charge in [0, 0.05) is 32.6 Å². The number of fused-ring (bicyclic) bond motifs is 1. The lowest BCUT2D eigenvalue weighted by atomic mass is 9.73. The minimum Gasteiger partial charge on any atom is -0.444 e. The van der Waals surface area contributed by atoms with Crippen LogP contribution in [0.3, 0.4) is 0 Å². The Labute approximate surface area is 265 Å². The first-order chi connectivity index (χ1) is 21.4. The number of amides is 3. The summed E-state index contributed by atoms with van der Waals surface area (Å²) in [5.41, 5.74) is -0.451. The number of nitrogens with zero attached hydrogens (tertiary/aromatic N) is 4. The van der Waals surface area contributed by atoms with E-state index in [4.69, 9.17) is 14.6 Å². The molecule has 2 aromatic carbocycles.